The van der Waals surface area contributed by atoms with E-state index < -0.39 is 0 Å². The van der Waals surface area contributed by atoms with Gasteiger partial charge in [0.25, 0.3) is 5.91 Å². The number of likely N-dealkylation sites (tertiary alicyclic amines) is 1. The van der Waals surface area contributed by atoms with Gasteiger partial charge in [0.1, 0.15) is 5.82 Å². The number of hydrogen-bond acceptors (Lipinski definition) is 5. The van der Waals surface area contributed by atoms with Gasteiger partial charge in [-0.05, 0) is 50.9 Å². The summed E-state index contributed by atoms with van der Waals surface area (Å²) in [6.45, 7) is 9.03. The van der Waals surface area contributed by atoms with Crippen LogP contribution >= 0.6 is 0 Å². The third kappa shape index (κ3) is 4.97. The van der Waals surface area contributed by atoms with Crippen LogP contribution in [-0.4, -0.2) is 53.7 Å². The topological polar surface area (TPSA) is 70.2 Å². The molecular formula is C15H25N5O. The zero-order valence-corrected chi connectivity index (χ0v) is 12.9. The van der Waals surface area contributed by atoms with E-state index in [9.17, 15) is 4.79 Å². The lowest BCUT2D eigenvalue weighted by Crippen LogP contribution is -2.36. The molecule has 0 radical (unpaired) electrons. The molecule has 21 heavy (non-hydrogen) atoms. The minimum Gasteiger partial charge on any atom is -0.367 e. The van der Waals surface area contributed by atoms with Crippen molar-refractivity contribution in [1.82, 2.24) is 20.4 Å². The zero-order chi connectivity index (χ0) is 15.1. The summed E-state index contributed by atoms with van der Waals surface area (Å²) < 4.78 is 0. The molecule has 1 fully saturated rings. The van der Waals surface area contributed by atoms with Crippen LogP contribution in [-0.2, 0) is 0 Å². The first-order chi connectivity index (χ1) is 10.2. The maximum Gasteiger partial charge on any atom is 0.271 e. The van der Waals surface area contributed by atoms with Crippen LogP contribution in [0.4, 0.5) is 5.82 Å². The van der Waals surface area contributed by atoms with Gasteiger partial charge in [0, 0.05) is 19.6 Å². The molecular weight excluding hydrogens is 266 g/mol. The molecule has 0 unspecified atom stereocenters. The highest BCUT2D eigenvalue weighted by Gasteiger charge is 2.14. The SMILES string of the molecule is CCNC(=O)c1ccc(NCCN2CCC(C)CC2)nn1. The molecule has 1 amide bonds. The summed E-state index contributed by atoms with van der Waals surface area (Å²) in [4.78, 5) is 14.0. The Morgan fingerprint density at radius 3 is 2.71 bits per heavy atom. The van der Waals surface area contributed by atoms with Gasteiger partial charge in [-0.3, -0.25) is 4.79 Å². The first-order valence-electron chi connectivity index (χ1n) is 7.77. The molecule has 1 aliphatic heterocycles. The van der Waals surface area contributed by atoms with Crippen LogP contribution in [0.1, 0.15) is 37.2 Å². The van der Waals surface area contributed by atoms with Gasteiger partial charge in [-0.15, -0.1) is 10.2 Å². The van der Waals surface area contributed by atoms with Gasteiger partial charge in [-0.1, -0.05) is 6.92 Å². The molecule has 116 valence electrons. The number of nitrogens with one attached hydrogen (secondary N) is 2. The van der Waals surface area contributed by atoms with Crippen LogP contribution in [0.25, 0.3) is 0 Å². The van der Waals surface area contributed by atoms with E-state index in [4.69, 9.17) is 0 Å². The van der Waals surface area contributed by atoms with Crippen molar-refractivity contribution in [2.75, 3.05) is 38.0 Å². The number of nitrogens with zero attached hydrogens (tertiary/aromatic N) is 3. The quantitative estimate of drug-likeness (QED) is 0.828. The van der Waals surface area contributed by atoms with Crippen molar-refractivity contribution in [3.63, 3.8) is 0 Å². The Hall–Kier alpha value is -1.69. The molecule has 2 N–H and O–H groups in total. The minimum atomic E-state index is -0.181. The highest BCUT2D eigenvalue weighted by Crippen LogP contribution is 2.15. The van der Waals surface area contributed by atoms with Crippen molar-refractivity contribution in [2.24, 2.45) is 5.92 Å². The number of rotatable bonds is 6. The third-order valence-corrected chi connectivity index (χ3v) is 3.84. The number of piperidine rings is 1. The number of aromatic nitrogens is 2. The molecule has 0 aromatic carbocycles. The second kappa shape index (κ2) is 7.93. The van der Waals surface area contributed by atoms with Crippen molar-refractivity contribution < 1.29 is 4.79 Å². The first-order valence-corrected chi connectivity index (χ1v) is 7.77. The summed E-state index contributed by atoms with van der Waals surface area (Å²) in [5, 5.41) is 13.9. The fraction of sp³-hybridized carbons (Fsp3) is 0.667. The Morgan fingerprint density at radius 1 is 1.33 bits per heavy atom. The second-order valence-electron chi connectivity index (χ2n) is 5.61. The Morgan fingerprint density at radius 2 is 2.10 bits per heavy atom. The van der Waals surface area contributed by atoms with Crippen molar-refractivity contribution in [1.29, 1.82) is 0 Å². The molecule has 0 bridgehead atoms. The maximum absolute atomic E-state index is 11.6. The van der Waals surface area contributed by atoms with Gasteiger partial charge >= 0.3 is 0 Å². The smallest absolute Gasteiger partial charge is 0.271 e. The Labute approximate surface area is 126 Å². The molecule has 0 saturated carbocycles. The number of carbonyl (C=O) groups is 1. The second-order valence-corrected chi connectivity index (χ2v) is 5.61. The molecule has 0 spiro atoms. The number of hydrogen-bond donors (Lipinski definition) is 2. The summed E-state index contributed by atoms with van der Waals surface area (Å²) in [7, 11) is 0. The Bertz CT molecular complexity index is 440. The molecule has 1 aliphatic rings. The van der Waals surface area contributed by atoms with Crippen LogP contribution in [0.5, 0.6) is 0 Å². The van der Waals surface area contributed by atoms with Crippen LogP contribution in [0, 0.1) is 5.92 Å². The van der Waals surface area contributed by atoms with Gasteiger partial charge in [0.15, 0.2) is 5.69 Å². The van der Waals surface area contributed by atoms with Gasteiger partial charge in [-0.2, -0.15) is 0 Å². The molecule has 6 heteroatoms. The third-order valence-electron chi connectivity index (χ3n) is 3.84. The lowest BCUT2D eigenvalue weighted by Gasteiger charge is -2.30. The van der Waals surface area contributed by atoms with E-state index in [0.717, 1.165) is 19.0 Å². The van der Waals surface area contributed by atoms with Crippen LogP contribution in [0.3, 0.4) is 0 Å². The zero-order valence-electron chi connectivity index (χ0n) is 12.9. The van der Waals surface area contributed by atoms with Gasteiger partial charge in [0.05, 0.1) is 0 Å². The minimum absolute atomic E-state index is 0.181. The predicted molar refractivity (Wildman–Crippen MR) is 83.4 cm³/mol. The van der Waals surface area contributed by atoms with Crippen LogP contribution in [0.2, 0.25) is 0 Å². The summed E-state index contributed by atoms with van der Waals surface area (Å²) in [6.07, 6.45) is 2.59. The summed E-state index contributed by atoms with van der Waals surface area (Å²) >= 11 is 0. The van der Waals surface area contributed by atoms with Crippen molar-refractivity contribution in [2.45, 2.75) is 26.7 Å². The highest BCUT2D eigenvalue weighted by molar-refractivity contribution is 5.92. The molecule has 0 atom stereocenters. The fourth-order valence-corrected chi connectivity index (χ4v) is 2.43. The summed E-state index contributed by atoms with van der Waals surface area (Å²) in [5.41, 5.74) is 0.354. The van der Waals surface area contributed by atoms with E-state index in [0.29, 0.717) is 18.1 Å². The van der Waals surface area contributed by atoms with Crippen molar-refractivity contribution in [3.8, 4) is 0 Å². The fourth-order valence-electron chi connectivity index (χ4n) is 2.43. The number of carbonyl (C=O) groups excluding carboxylic acids is 1. The van der Waals surface area contributed by atoms with Gasteiger partial charge in [0.2, 0.25) is 0 Å². The van der Waals surface area contributed by atoms with E-state index in [1.807, 2.05) is 6.92 Å². The monoisotopic (exact) mass is 291 g/mol. The van der Waals surface area contributed by atoms with E-state index >= 15 is 0 Å². The number of anilines is 1. The molecule has 6 nitrogen and oxygen atoms in total. The van der Waals surface area contributed by atoms with Crippen molar-refractivity contribution in [3.05, 3.63) is 17.8 Å². The highest BCUT2D eigenvalue weighted by atomic mass is 16.1. The maximum atomic E-state index is 11.6. The van der Waals surface area contributed by atoms with E-state index in [1.165, 1.54) is 25.9 Å². The largest absolute Gasteiger partial charge is 0.367 e. The molecule has 2 rings (SSSR count). The van der Waals surface area contributed by atoms with E-state index in [2.05, 4.69) is 32.7 Å². The van der Waals surface area contributed by atoms with E-state index in [-0.39, 0.29) is 5.91 Å². The van der Waals surface area contributed by atoms with Gasteiger partial charge in [-0.25, -0.2) is 0 Å². The van der Waals surface area contributed by atoms with Crippen LogP contribution < -0.4 is 10.6 Å². The molecule has 1 aromatic heterocycles. The van der Waals surface area contributed by atoms with Gasteiger partial charge < -0.3 is 15.5 Å². The lowest BCUT2D eigenvalue weighted by atomic mass is 9.99. The standard InChI is InChI=1S/C15H25N5O/c1-3-16-15(21)13-4-5-14(19-18-13)17-8-11-20-9-6-12(2)7-10-20/h4-5,12H,3,6-11H2,1-2H3,(H,16,21)(H,17,19). The molecule has 1 aromatic rings. The molecule has 0 aliphatic carbocycles. The summed E-state index contributed by atoms with van der Waals surface area (Å²) in [5.74, 6) is 1.40. The first kappa shape index (κ1) is 15.7. The molecule has 1 saturated heterocycles. The van der Waals surface area contributed by atoms with E-state index in [1.54, 1.807) is 12.1 Å². The Kier molecular flexibility index (Phi) is 5.92. The summed E-state index contributed by atoms with van der Waals surface area (Å²) in [6, 6.07) is 3.50. The molecule has 2 heterocycles. The van der Waals surface area contributed by atoms with Crippen molar-refractivity contribution >= 4 is 11.7 Å². The lowest BCUT2D eigenvalue weighted by molar-refractivity contribution is 0.0950. The Balaban J connectivity index is 1.72. The normalized spacial score (nSPS) is 16.7. The predicted octanol–water partition coefficient (Wildman–Crippen LogP) is 1.37. The average Bonchev–Trinajstić information content (AvgIpc) is 2.50. The average molecular weight is 291 g/mol. The number of amides is 1. The van der Waals surface area contributed by atoms with Crippen LogP contribution in [0.15, 0.2) is 12.1 Å².